The number of hydrogen-bond donors (Lipinski definition) is 0. The third-order valence-electron chi connectivity index (χ3n) is 5.08. The van der Waals surface area contributed by atoms with E-state index >= 15 is 0 Å². The number of hydrogen-bond acceptors (Lipinski definition) is 5. The molecule has 3 aromatic rings. The molecule has 30 heavy (non-hydrogen) atoms. The molecule has 1 aromatic carbocycles. The van der Waals surface area contributed by atoms with Gasteiger partial charge in [0.25, 0.3) is 5.91 Å². The highest BCUT2D eigenvalue weighted by molar-refractivity contribution is 6.30. The van der Waals surface area contributed by atoms with Gasteiger partial charge < -0.3 is 14.1 Å². The molecule has 3 heterocycles. The summed E-state index contributed by atoms with van der Waals surface area (Å²) in [6.45, 7) is 3.02. The van der Waals surface area contributed by atoms with Crippen molar-refractivity contribution in [3.8, 4) is 17.1 Å². The number of aromatic nitrogens is 2. The Morgan fingerprint density at radius 1 is 1.27 bits per heavy atom. The summed E-state index contributed by atoms with van der Waals surface area (Å²) in [5.74, 6) is -0.194. The average molecular weight is 428 g/mol. The number of ether oxygens (including phenoxy) is 1. The molecule has 0 saturated carbocycles. The first-order chi connectivity index (χ1) is 14.6. The second-order valence-electron chi connectivity index (χ2n) is 7.13. The van der Waals surface area contributed by atoms with Crippen molar-refractivity contribution < 1.29 is 18.7 Å². The Morgan fingerprint density at radius 3 is 2.87 bits per heavy atom. The van der Waals surface area contributed by atoms with Gasteiger partial charge in [-0.1, -0.05) is 17.7 Å². The number of benzene rings is 1. The van der Waals surface area contributed by atoms with Crippen molar-refractivity contribution in [1.82, 2.24) is 14.7 Å². The van der Waals surface area contributed by atoms with Crippen LogP contribution in [0.2, 0.25) is 5.02 Å². The summed E-state index contributed by atoms with van der Waals surface area (Å²) in [7, 11) is 0. The molecule has 1 atom stereocenters. The first-order valence-electron chi connectivity index (χ1n) is 9.92. The fourth-order valence-corrected chi connectivity index (χ4v) is 3.85. The summed E-state index contributed by atoms with van der Waals surface area (Å²) in [5, 5.41) is 5.11. The van der Waals surface area contributed by atoms with Gasteiger partial charge >= 0.3 is 5.97 Å². The molecule has 0 N–H and O–H groups in total. The number of esters is 1. The molecule has 0 aliphatic carbocycles. The summed E-state index contributed by atoms with van der Waals surface area (Å²) in [6.07, 6.45) is 3.03. The van der Waals surface area contributed by atoms with Gasteiger partial charge in [-0.3, -0.25) is 9.59 Å². The van der Waals surface area contributed by atoms with Gasteiger partial charge in [0.1, 0.15) is 5.69 Å². The number of piperidine rings is 1. The minimum Gasteiger partial charge on any atom is -0.466 e. The second-order valence-corrected chi connectivity index (χ2v) is 7.56. The van der Waals surface area contributed by atoms with E-state index in [1.807, 2.05) is 18.2 Å². The van der Waals surface area contributed by atoms with Crippen LogP contribution in [0.4, 0.5) is 0 Å². The lowest BCUT2D eigenvalue weighted by Gasteiger charge is -2.31. The van der Waals surface area contributed by atoms with E-state index in [9.17, 15) is 9.59 Å². The van der Waals surface area contributed by atoms with Crippen LogP contribution in [0.1, 0.15) is 30.3 Å². The van der Waals surface area contributed by atoms with Crippen molar-refractivity contribution in [2.75, 3.05) is 19.7 Å². The first-order valence-corrected chi connectivity index (χ1v) is 10.3. The van der Waals surface area contributed by atoms with Crippen molar-refractivity contribution in [1.29, 1.82) is 0 Å². The fraction of sp³-hybridized carbons (Fsp3) is 0.318. The monoisotopic (exact) mass is 427 g/mol. The summed E-state index contributed by atoms with van der Waals surface area (Å²) in [5.41, 5.74) is 1.64. The quantitative estimate of drug-likeness (QED) is 0.570. The molecule has 0 bridgehead atoms. The number of rotatable bonds is 5. The summed E-state index contributed by atoms with van der Waals surface area (Å²) in [6, 6.07) is 12.5. The number of carbonyl (C=O) groups excluding carboxylic acids is 2. The summed E-state index contributed by atoms with van der Waals surface area (Å²) in [4.78, 5) is 27.0. The Hall–Kier alpha value is -3.06. The van der Waals surface area contributed by atoms with Crippen LogP contribution >= 0.6 is 11.6 Å². The number of likely N-dealkylation sites (tertiary alicyclic amines) is 1. The molecular formula is C22H22ClN3O4. The molecule has 0 radical (unpaired) electrons. The molecule has 0 spiro atoms. The van der Waals surface area contributed by atoms with Crippen molar-refractivity contribution >= 4 is 23.5 Å². The van der Waals surface area contributed by atoms with E-state index < -0.39 is 0 Å². The Bertz CT molecular complexity index is 1040. The normalized spacial score (nSPS) is 16.5. The first kappa shape index (κ1) is 20.2. The Labute approximate surface area is 179 Å². The van der Waals surface area contributed by atoms with Gasteiger partial charge in [-0.2, -0.15) is 5.10 Å². The van der Waals surface area contributed by atoms with E-state index in [2.05, 4.69) is 5.10 Å². The van der Waals surface area contributed by atoms with Gasteiger partial charge in [0.05, 0.1) is 24.5 Å². The molecule has 8 heteroatoms. The van der Waals surface area contributed by atoms with Gasteiger partial charge in [0, 0.05) is 24.2 Å². The van der Waals surface area contributed by atoms with Crippen LogP contribution in [-0.4, -0.2) is 46.3 Å². The maximum absolute atomic E-state index is 13.2. The summed E-state index contributed by atoms with van der Waals surface area (Å²) >= 11 is 6.15. The van der Waals surface area contributed by atoms with Crippen LogP contribution < -0.4 is 0 Å². The number of carbonyl (C=O) groups is 2. The molecule has 156 valence electrons. The topological polar surface area (TPSA) is 77.6 Å². The molecule has 1 unspecified atom stereocenters. The van der Waals surface area contributed by atoms with Gasteiger partial charge in [-0.05, 0) is 50.1 Å². The Kier molecular flexibility index (Phi) is 5.90. The highest BCUT2D eigenvalue weighted by Gasteiger charge is 2.31. The predicted octanol–water partition coefficient (Wildman–Crippen LogP) is 4.20. The zero-order valence-corrected chi connectivity index (χ0v) is 17.3. The molecule has 1 fully saturated rings. The number of nitrogens with zero attached hydrogens (tertiary/aromatic N) is 3. The average Bonchev–Trinajstić information content (AvgIpc) is 3.43. The fourth-order valence-electron chi connectivity index (χ4n) is 3.67. The van der Waals surface area contributed by atoms with E-state index in [0.29, 0.717) is 36.2 Å². The SMILES string of the molecule is CCOC(=O)C1CCCN(C(=O)c2cc(-c3ccco3)n(-c3cccc(Cl)c3)n2)C1. The molecule has 1 saturated heterocycles. The van der Waals surface area contributed by atoms with E-state index in [4.69, 9.17) is 20.8 Å². The lowest BCUT2D eigenvalue weighted by atomic mass is 9.98. The second kappa shape index (κ2) is 8.75. The van der Waals surface area contributed by atoms with Crippen LogP contribution in [0.15, 0.2) is 53.1 Å². The smallest absolute Gasteiger partial charge is 0.310 e. The van der Waals surface area contributed by atoms with Crippen LogP contribution in [0.25, 0.3) is 17.1 Å². The van der Waals surface area contributed by atoms with Gasteiger partial charge in [0.2, 0.25) is 0 Å². The van der Waals surface area contributed by atoms with Crippen LogP contribution in [0.3, 0.4) is 0 Å². The lowest BCUT2D eigenvalue weighted by Crippen LogP contribution is -2.43. The van der Waals surface area contributed by atoms with E-state index in [0.717, 1.165) is 18.5 Å². The Balaban J connectivity index is 1.65. The molecule has 2 aromatic heterocycles. The van der Waals surface area contributed by atoms with E-state index in [1.165, 1.54) is 0 Å². The standard InChI is InChI=1S/C22H22ClN3O4/c1-2-29-22(28)15-6-4-10-25(14-15)21(27)18-13-19(20-9-5-11-30-20)26(24-18)17-8-3-7-16(23)12-17/h3,5,7-9,11-13,15H,2,4,6,10,14H2,1H3. The molecule has 1 aliphatic heterocycles. The third kappa shape index (κ3) is 4.11. The predicted molar refractivity (Wildman–Crippen MR) is 112 cm³/mol. The largest absolute Gasteiger partial charge is 0.466 e. The number of amides is 1. The maximum atomic E-state index is 13.2. The molecule has 7 nitrogen and oxygen atoms in total. The molecule has 4 rings (SSSR count). The van der Waals surface area contributed by atoms with E-state index in [1.54, 1.807) is 47.0 Å². The number of halogens is 1. The van der Waals surface area contributed by atoms with Gasteiger partial charge in [-0.25, -0.2) is 4.68 Å². The zero-order chi connectivity index (χ0) is 21.1. The zero-order valence-electron chi connectivity index (χ0n) is 16.6. The van der Waals surface area contributed by atoms with Crippen molar-refractivity contribution in [2.24, 2.45) is 5.92 Å². The molecule has 1 amide bonds. The van der Waals surface area contributed by atoms with Crippen LogP contribution in [0.5, 0.6) is 0 Å². The minimum absolute atomic E-state index is 0.224. The highest BCUT2D eigenvalue weighted by Crippen LogP contribution is 2.27. The molecular weight excluding hydrogens is 406 g/mol. The third-order valence-corrected chi connectivity index (χ3v) is 5.32. The van der Waals surface area contributed by atoms with Crippen LogP contribution in [-0.2, 0) is 9.53 Å². The van der Waals surface area contributed by atoms with Crippen LogP contribution in [0, 0.1) is 5.92 Å². The number of furan rings is 1. The molecule has 1 aliphatic rings. The maximum Gasteiger partial charge on any atom is 0.310 e. The Morgan fingerprint density at radius 2 is 2.13 bits per heavy atom. The van der Waals surface area contributed by atoms with E-state index in [-0.39, 0.29) is 23.5 Å². The van der Waals surface area contributed by atoms with Crippen molar-refractivity contribution in [2.45, 2.75) is 19.8 Å². The lowest BCUT2D eigenvalue weighted by molar-refractivity contribution is -0.149. The van der Waals surface area contributed by atoms with Crippen molar-refractivity contribution in [3.05, 3.63) is 59.4 Å². The summed E-state index contributed by atoms with van der Waals surface area (Å²) < 4.78 is 12.3. The highest BCUT2D eigenvalue weighted by atomic mass is 35.5. The van der Waals surface area contributed by atoms with Gasteiger partial charge in [-0.15, -0.1) is 0 Å². The van der Waals surface area contributed by atoms with Gasteiger partial charge in [0.15, 0.2) is 11.5 Å². The van der Waals surface area contributed by atoms with Crippen molar-refractivity contribution in [3.63, 3.8) is 0 Å². The minimum atomic E-state index is -0.304.